The van der Waals surface area contributed by atoms with Gasteiger partial charge < -0.3 is 19.1 Å². The smallest absolute Gasteiger partial charge is 0.387 e. The van der Waals surface area contributed by atoms with Gasteiger partial charge >= 0.3 is 6.61 Å². The van der Waals surface area contributed by atoms with E-state index in [9.17, 15) is 13.6 Å². The number of hydrogen-bond donors (Lipinski definition) is 0. The summed E-state index contributed by atoms with van der Waals surface area (Å²) < 4.78 is 40.2. The molecule has 0 spiro atoms. The molecule has 0 N–H and O–H groups in total. The first-order valence-corrected chi connectivity index (χ1v) is 9.34. The first-order valence-electron chi connectivity index (χ1n) is 9.34. The first kappa shape index (κ1) is 18.5. The molecule has 148 valence electrons. The lowest BCUT2D eigenvalue weighted by Crippen LogP contribution is -2.38. The van der Waals surface area contributed by atoms with E-state index >= 15 is 0 Å². The van der Waals surface area contributed by atoms with Crippen LogP contribution in [0.15, 0.2) is 42.5 Å². The highest BCUT2D eigenvalue weighted by Crippen LogP contribution is 2.34. The summed E-state index contributed by atoms with van der Waals surface area (Å²) in [6, 6.07) is 11.7. The molecule has 2 aliphatic rings. The van der Waals surface area contributed by atoms with Crippen molar-refractivity contribution in [1.29, 1.82) is 0 Å². The highest BCUT2D eigenvalue weighted by atomic mass is 19.3. The average molecular weight is 389 g/mol. The fraction of sp³-hybridized carbons (Fsp3) is 0.381. The Morgan fingerprint density at radius 3 is 2.68 bits per heavy atom. The highest BCUT2D eigenvalue weighted by Gasteiger charge is 2.28. The van der Waals surface area contributed by atoms with Crippen LogP contribution in [0.25, 0.3) is 0 Å². The van der Waals surface area contributed by atoms with Crippen LogP contribution in [0.3, 0.4) is 0 Å². The Morgan fingerprint density at radius 1 is 1.11 bits per heavy atom. The molecule has 2 aromatic rings. The first-order chi connectivity index (χ1) is 13.6. The number of rotatable bonds is 6. The van der Waals surface area contributed by atoms with Crippen LogP contribution in [-0.4, -0.2) is 30.3 Å². The third-order valence-electron chi connectivity index (χ3n) is 5.12. The van der Waals surface area contributed by atoms with Crippen molar-refractivity contribution in [2.45, 2.75) is 44.9 Å². The van der Waals surface area contributed by atoms with Crippen LogP contribution in [0.1, 0.15) is 41.6 Å². The monoisotopic (exact) mass is 389 g/mol. The molecular weight excluding hydrogens is 368 g/mol. The van der Waals surface area contributed by atoms with E-state index in [1.807, 2.05) is 23.1 Å². The Morgan fingerprint density at radius 2 is 1.89 bits per heavy atom. The van der Waals surface area contributed by atoms with Crippen molar-refractivity contribution in [2.75, 3.05) is 6.79 Å². The van der Waals surface area contributed by atoms with Crippen molar-refractivity contribution < 1.29 is 27.8 Å². The number of halogens is 2. The molecule has 1 heterocycles. The molecule has 0 bridgehead atoms. The zero-order valence-corrected chi connectivity index (χ0v) is 15.3. The number of alkyl halides is 2. The average Bonchev–Trinajstić information content (AvgIpc) is 3.36. The lowest BCUT2D eigenvalue weighted by atomic mass is 10.1. The van der Waals surface area contributed by atoms with Crippen molar-refractivity contribution >= 4 is 5.91 Å². The van der Waals surface area contributed by atoms with E-state index in [0.29, 0.717) is 23.6 Å². The Labute approximate surface area is 161 Å². The van der Waals surface area contributed by atoms with Gasteiger partial charge in [0.1, 0.15) is 5.75 Å². The largest absolute Gasteiger partial charge is 0.454 e. The minimum atomic E-state index is -2.93. The molecule has 1 saturated carbocycles. The maximum absolute atomic E-state index is 13.2. The summed E-state index contributed by atoms with van der Waals surface area (Å²) >= 11 is 0. The lowest BCUT2D eigenvalue weighted by molar-refractivity contribution is -0.0499. The van der Waals surface area contributed by atoms with Gasteiger partial charge in [0.05, 0.1) is 0 Å². The van der Waals surface area contributed by atoms with Crippen LogP contribution in [0.2, 0.25) is 0 Å². The molecule has 5 nitrogen and oxygen atoms in total. The van der Waals surface area contributed by atoms with Gasteiger partial charge in [0.25, 0.3) is 5.91 Å². The molecule has 0 radical (unpaired) electrons. The predicted octanol–water partition coefficient (Wildman–Crippen LogP) is 4.60. The molecule has 28 heavy (non-hydrogen) atoms. The van der Waals surface area contributed by atoms with Crippen LogP contribution < -0.4 is 14.2 Å². The standard InChI is InChI=1S/C21H21F2NO4/c22-21(23)28-17-7-3-4-15(11-17)20(25)24(16-5-1-2-6-16)12-14-8-9-18-19(10-14)27-13-26-18/h3-4,7-11,16,21H,1-2,5-6,12-13H2. The van der Waals surface area contributed by atoms with Crippen molar-refractivity contribution in [3.05, 3.63) is 53.6 Å². The van der Waals surface area contributed by atoms with Gasteiger partial charge in [-0.1, -0.05) is 25.0 Å². The number of amides is 1. The molecule has 7 heteroatoms. The van der Waals surface area contributed by atoms with E-state index in [0.717, 1.165) is 31.2 Å². The van der Waals surface area contributed by atoms with Gasteiger partial charge in [0, 0.05) is 18.2 Å². The number of nitrogens with zero attached hydrogens (tertiary/aromatic N) is 1. The number of carbonyl (C=O) groups is 1. The van der Waals surface area contributed by atoms with E-state index < -0.39 is 6.61 Å². The number of fused-ring (bicyclic) bond motifs is 1. The third kappa shape index (κ3) is 4.03. The van der Waals surface area contributed by atoms with Crippen molar-refractivity contribution in [1.82, 2.24) is 4.90 Å². The summed E-state index contributed by atoms with van der Waals surface area (Å²) in [7, 11) is 0. The summed E-state index contributed by atoms with van der Waals surface area (Å²) in [5.41, 5.74) is 1.27. The van der Waals surface area contributed by atoms with E-state index in [1.165, 1.54) is 12.1 Å². The molecule has 1 aliphatic heterocycles. The topological polar surface area (TPSA) is 48.0 Å². The minimum absolute atomic E-state index is 0.0182. The SMILES string of the molecule is O=C(c1cccc(OC(F)F)c1)N(Cc1ccc2c(c1)OCO2)C1CCCC1. The van der Waals surface area contributed by atoms with Crippen molar-refractivity contribution in [2.24, 2.45) is 0 Å². The van der Waals surface area contributed by atoms with Gasteiger partial charge in [0.15, 0.2) is 11.5 Å². The summed E-state index contributed by atoms with van der Waals surface area (Å²) in [6.07, 6.45) is 4.02. The zero-order valence-electron chi connectivity index (χ0n) is 15.3. The summed E-state index contributed by atoms with van der Waals surface area (Å²) in [4.78, 5) is 15.1. The van der Waals surface area contributed by atoms with Crippen LogP contribution in [0.4, 0.5) is 8.78 Å². The van der Waals surface area contributed by atoms with E-state index in [-0.39, 0.29) is 24.5 Å². The van der Waals surface area contributed by atoms with Crippen molar-refractivity contribution in [3.8, 4) is 17.2 Å². The second kappa shape index (κ2) is 8.04. The molecule has 4 rings (SSSR count). The predicted molar refractivity (Wildman–Crippen MR) is 97.8 cm³/mol. The Kier molecular flexibility index (Phi) is 5.32. The fourth-order valence-electron chi connectivity index (χ4n) is 3.79. The normalized spacial score (nSPS) is 15.8. The van der Waals surface area contributed by atoms with Crippen LogP contribution in [0, 0.1) is 0 Å². The van der Waals surface area contributed by atoms with Crippen LogP contribution >= 0.6 is 0 Å². The lowest BCUT2D eigenvalue weighted by Gasteiger charge is -2.29. The number of ether oxygens (including phenoxy) is 3. The molecule has 0 unspecified atom stereocenters. The maximum atomic E-state index is 13.2. The van der Waals surface area contributed by atoms with Gasteiger partial charge in [-0.05, 0) is 48.7 Å². The van der Waals surface area contributed by atoms with Gasteiger partial charge in [-0.25, -0.2) is 0 Å². The Balaban J connectivity index is 1.58. The molecule has 1 amide bonds. The third-order valence-corrected chi connectivity index (χ3v) is 5.12. The van der Waals surface area contributed by atoms with E-state index in [2.05, 4.69) is 4.74 Å². The Hall–Kier alpha value is -2.83. The zero-order chi connectivity index (χ0) is 19.5. The molecule has 0 atom stereocenters. The number of benzene rings is 2. The molecule has 0 saturated heterocycles. The van der Waals surface area contributed by atoms with Gasteiger partial charge in [0.2, 0.25) is 6.79 Å². The van der Waals surface area contributed by atoms with Gasteiger partial charge in [-0.3, -0.25) is 4.79 Å². The molecule has 1 fully saturated rings. The summed E-state index contributed by atoms with van der Waals surface area (Å²) in [6.45, 7) is -2.31. The van der Waals surface area contributed by atoms with E-state index in [1.54, 1.807) is 12.1 Å². The van der Waals surface area contributed by atoms with E-state index in [4.69, 9.17) is 9.47 Å². The van der Waals surface area contributed by atoms with Gasteiger partial charge in [-0.2, -0.15) is 8.78 Å². The second-order valence-electron chi connectivity index (χ2n) is 6.97. The van der Waals surface area contributed by atoms with Crippen molar-refractivity contribution in [3.63, 3.8) is 0 Å². The maximum Gasteiger partial charge on any atom is 0.387 e. The molecule has 0 aromatic heterocycles. The number of carbonyl (C=O) groups excluding carboxylic acids is 1. The molecule has 1 aliphatic carbocycles. The second-order valence-corrected chi connectivity index (χ2v) is 6.97. The quantitative estimate of drug-likeness (QED) is 0.724. The van der Waals surface area contributed by atoms with Crippen LogP contribution in [0.5, 0.6) is 17.2 Å². The molecule has 2 aromatic carbocycles. The van der Waals surface area contributed by atoms with Crippen LogP contribution in [-0.2, 0) is 6.54 Å². The number of hydrogen-bond acceptors (Lipinski definition) is 4. The summed E-state index contributed by atoms with van der Waals surface area (Å²) in [5, 5.41) is 0. The summed E-state index contributed by atoms with van der Waals surface area (Å²) in [5.74, 6) is 1.16. The highest BCUT2D eigenvalue weighted by molar-refractivity contribution is 5.94. The Bertz CT molecular complexity index is 852. The van der Waals surface area contributed by atoms with Gasteiger partial charge in [-0.15, -0.1) is 0 Å². The fourth-order valence-corrected chi connectivity index (χ4v) is 3.79. The minimum Gasteiger partial charge on any atom is -0.454 e. The molecular formula is C21H21F2NO4.